The Morgan fingerprint density at radius 2 is 2.31 bits per heavy atom. The van der Waals surface area contributed by atoms with E-state index in [1.807, 2.05) is 18.2 Å². The molecule has 0 bridgehead atoms. The first-order valence-electron chi connectivity index (χ1n) is 4.31. The second kappa shape index (κ2) is 3.38. The molecule has 2 rings (SSSR count). The number of hydrogen-bond donors (Lipinski definition) is 0. The van der Waals surface area contributed by atoms with Crippen molar-refractivity contribution in [2.24, 2.45) is 0 Å². The van der Waals surface area contributed by atoms with Gasteiger partial charge < -0.3 is 4.90 Å². The van der Waals surface area contributed by atoms with Gasteiger partial charge in [0.1, 0.15) is 0 Å². The van der Waals surface area contributed by atoms with Crippen molar-refractivity contribution in [2.45, 2.75) is 12.8 Å². The highest BCUT2D eigenvalue weighted by molar-refractivity contribution is 6.30. The van der Waals surface area contributed by atoms with Gasteiger partial charge in [0.15, 0.2) is 0 Å². The minimum Gasteiger partial charge on any atom is -0.315 e. The van der Waals surface area contributed by atoms with Gasteiger partial charge in [-0.2, -0.15) is 0 Å². The molecule has 0 aromatic heterocycles. The highest BCUT2D eigenvalue weighted by Gasteiger charge is 2.15. The van der Waals surface area contributed by atoms with Crippen molar-refractivity contribution in [3.63, 3.8) is 0 Å². The normalized spacial score (nSPS) is 15.3. The summed E-state index contributed by atoms with van der Waals surface area (Å²) in [5.41, 5.74) is 2.18. The fourth-order valence-corrected chi connectivity index (χ4v) is 1.90. The molecule has 0 atom stereocenters. The third-order valence-corrected chi connectivity index (χ3v) is 2.56. The molecule has 3 heteroatoms. The Bertz CT molecular complexity index is 338. The summed E-state index contributed by atoms with van der Waals surface area (Å²) in [5, 5.41) is 0.742. The molecule has 1 heterocycles. The van der Waals surface area contributed by atoms with E-state index in [1.54, 1.807) is 4.90 Å². The SMILES string of the molecule is O=CN1CCCc2cc(Cl)ccc21. The van der Waals surface area contributed by atoms with Crippen molar-refractivity contribution in [3.05, 3.63) is 28.8 Å². The Labute approximate surface area is 82.1 Å². The summed E-state index contributed by atoms with van der Waals surface area (Å²) in [4.78, 5) is 12.4. The molecule has 0 saturated heterocycles. The minimum atomic E-state index is 0.742. The molecule has 1 aliphatic heterocycles. The summed E-state index contributed by atoms with van der Waals surface area (Å²) in [7, 11) is 0. The molecular weight excluding hydrogens is 186 g/mol. The van der Waals surface area contributed by atoms with Crippen LogP contribution in [0.5, 0.6) is 0 Å². The molecule has 0 unspecified atom stereocenters. The van der Waals surface area contributed by atoms with Gasteiger partial charge in [0.05, 0.1) is 0 Å². The van der Waals surface area contributed by atoms with Crippen molar-refractivity contribution in [3.8, 4) is 0 Å². The molecule has 1 aromatic rings. The first kappa shape index (κ1) is 8.57. The number of anilines is 1. The smallest absolute Gasteiger partial charge is 0.214 e. The first-order valence-corrected chi connectivity index (χ1v) is 4.69. The highest BCUT2D eigenvalue weighted by Crippen LogP contribution is 2.28. The fourth-order valence-electron chi connectivity index (χ4n) is 1.70. The number of aryl methyl sites for hydroxylation is 1. The van der Waals surface area contributed by atoms with Gasteiger partial charge in [-0.1, -0.05) is 11.6 Å². The van der Waals surface area contributed by atoms with Gasteiger partial charge in [0, 0.05) is 17.3 Å². The number of carbonyl (C=O) groups excluding carboxylic acids is 1. The summed E-state index contributed by atoms with van der Waals surface area (Å²) in [6.45, 7) is 0.818. The largest absolute Gasteiger partial charge is 0.315 e. The number of fused-ring (bicyclic) bond motifs is 1. The molecular formula is C10H10ClNO. The average molecular weight is 196 g/mol. The van der Waals surface area contributed by atoms with Crippen molar-refractivity contribution in [2.75, 3.05) is 11.4 Å². The number of hydrogen-bond acceptors (Lipinski definition) is 1. The van der Waals surface area contributed by atoms with Crippen LogP contribution in [-0.2, 0) is 11.2 Å². The van der Waals surface area contributed by atoms with Crippen LogP contribution in [0.1, 0.15) is 12.0 Å². The quantitative estimate of drug-likeness (QED) is 0.630. The third-order valence-electron chi connectivity index (χ3n) is 2.32. The summed E-state index contributed by atoms with van der Waals surface area (Å²) >= 11 is 5.86. The van der Waals surface area contributed by atoms with Crippen molar-refractivity contribution in [1.82, 2.24) is 0 Å². The lowest BCUT2D eigenvalue weighted by Crippen LogP contribution is -2.27. The van der Waals surface area contributed by atoms with Crippen LogP contribution in [-0.4, -0.2) is 13.0 Å². The van der Waals surface area contributed by atoms with Gasteiger partial charge in [-0.15, -0.1) is 0 Å². The molecule has 1 amide bonds. The van der Waals surface area contributed by atoms with E-state index in [0.717, 1.165) is 36.5 Å². The van der Waals surface area contributed by atoms with Crippen LogP contribution in [0.4, 0.5) is 5.69 Å². The van der Waals surface area contributed by atoms with Gasteiger partial charge in [-0.25, -0.2) is 0 Å². The number of amides is 1. The van der Waals surface area contributed by atoms with E-state index in [-0.39, 0.29) is 0 Å². The van der Waals surface area contributed by atoms with Gasteiger partial charge in [-0.05, 0) is 36.6 Å². The van der Waals surface area contributed by atoms with E-state index in [1.165, 1.54) is 5.56 Å². The van der Waals surface area contributed by atoms with E-state index in [0.29, 0.717) is 0 Å². The predicted molar refractivity (Wildman–Crippen MR) is 53.2 cm³/mol. The van der Waals surface area contributed by atoms with Crippen LogP contribution in [0.2, 0.25) is 5.02 Å². The molecule has 1 aliphatic rings. The fraction of sp³-hybridized carbons (Fsp3) is 0.300. The molecule has 68 valence electrons. The maximum atomic E-state index is 10.7. The van der Waals surface area contributed by atoms with Gasteiger partial charge >= 0.3 is 0 Å². The van der Waals surface area contributed by atoms with Gasteiger partial charge in [-0.3, -0.25) is 4.79 Å². The Kier molecular flexibility index (Phi) is 2.23. The maximum absolute atomic E-state index is 10.7. The zero-order chi connectivity index (χ0) is 9.26. The zero-order valence-corrected chi connectivity index (χ0v) is 7.92. The molecule has 0 spiro atoms. The van der Waals surface area contributed by atoms with Crippen LogP contribution >= 0.6 is 11.6 Å². The van der Waals surface area contributed by atoms with Gasteiger partial charge in [0.2, 0.25) is 6.41 Å². The Morgan fingerprint density at radius 1 is 1.46 bits per heavy atom. The van der Waals surface area contributed by atoms with E-state index in [9.17, 15) is 4.79 Å². The Morgan fingerprint density at radius 3 is 3.08 bits per heavy atom. The van der Waals surface area contributed by atoms with Crippen LogP contribution in [0.3, 0.4) is 0 Å². The number of nitrogens with zero attached hydrogens (tertiary/aromatic N) is 1. The summed E-state index contributed by atoms with van der Waals surface area (Å²) in [5.74, 6) is 0. The van der Waals surface area contributed by atoms with Crippen molar-refractivity contribution in [1.29, 1.82) is 0 Å². The highest BCUT2D eigenvalue weighted by atomic mass is 35.5. The van der Waals surface area contributed by atoms with E-state index in [4.69, 9.17) is 11.6 Å². The van der Waals surface area contributed by atoms with Crippen LogP contribution in [0.25, 0.3) is 0 Å². The lowest BCUT2D eigenvalue weighted by Gasteiger charge is -2.25. The molecule has 13 heavy (non-hydrogen) atoms. The summed E-state index contributed by atoms with van der Waals surface area (Å²) < 4.78 is 0. The lowest BCUT2D eigenvalue weighted by molar-refractivity contribution is -0.107. The van der Waals surface area contributed by atoms with E-state index < -0.39 is 0 Å². The molecule has 0 N–H and O–H groups in total. The summed E-state index contributed by atoms with van der Waals surface area (Å²) in [6, 6.07) is 5.67. The standard InChI is InChI=1S/C10H10ClNO/c11-9-3-4-10-8(6-9)2-1-5-12(10)7-13/h3-4,6-7H,1-2,5H2. The van der Waals surface area contributed by atoms with Crippen molar-refractivity contribution < 1.29 is 4.79 Å². The number of rotatable bonds is 1. The topological polar surface area (TPSA) is 20.3 Å². The lowest BCUT2D eigenvalue weighted by atomic mass is 10.0. The third kappa shape index (κ3) is 1.54. The molecule has 1 aromatic carbocycles. The van der Waals surface area contributed by atoms with E-state index >= 15 is 0 Å². The summed E-state index contributed by atoms with van der Waals surface area (Å²) in [6.07, 6.45) is 2.91. The molecule has 0 saturated carbocycles. The first-order chi connectivity index (χ1) is 6.31. The average Bonchev–Trinajstić information content (AvgIpc) is 2.16. The predicted octanol–water partition coefficient (Wildman–Crippen LogP) is 2.25. The molecule has 0 radical (unpaired) electrons. The number of halogens is 1. The Hall–Kier alpha value is -1.02. The van der Waals surface area contributed by atoms with E-state index in [2.05, 4.69) is 0 Å². The number of benzene rings is 1. The minimum absolute atomic E-state index is 0.742. The van der Waals surface area contributed by atoms with Crippen LogP contribution < -0.4 is 4.90 Å². The second-order valence-electron chi connectivity index (χ2n) is 3.18. The van der Waals surface area contributed by atoms with Crippen LogP contribution in [0, 0.1) is 0 Å². The number of carbonyl (C=O) groups is 1. The molecule has 0 fully saturated rings. The Balaban J connectivity index is 2.45. The molecule has 2 nitrogen and oxygen atoms in total. The second-order valence-corrected chi connectivity index (χ2v) is 3.61. The maximum Gasteiger partial charge on any atom is 0.214 e. The zero-order valence-electron chi connectivity index (χ0n) is 7.16. The monoisotopic (exact) mass is 195 g/mol. The van der Waals surface area contributed by atoms with Crippen molar-refractivity contribution >= 4 is 23.7 Å². The van der Waals surface area contributed by atoms with Crippen LogP contribution in [0.15, 0.2) is 18.2 Å². The van der Waals surface area contributed by atoms with Gasteiger partial charge in [0.25, 0.3) is 0 Å². The molecule has 0 aliphatic carbocycles.